The van der Waals surface area contributed by atoms with Crippen LogP contribution in [0.5, 0.6) is 0 Å². The molecule has 2 aliphatic heterocycles. The van der Waals surface area contributed by atoms with Crippen LogP contribution in [0.4, 0.5) is 11.4 Å². The number of hydrogen-bond acceptors (Lipinski definition) is 2. The molecule has 0 spiro atoms. The Labute approximate surface area is 196 Å². The third-order valence-corrected chi connectivity index (χ3v) is 7.06. The average molecular weight is 442 g/mol. The summed E-state index contributed by atoms with van der Waals surface area (Å²) in [6, 6.07) is 26.6. The fraction of sp³-hybridized carbons (Fsp3) is 0.321. The van der Waals surface area contributed by atoms with Crippen LogP contribution in [-0.4, -0.2) is 24.7 Å². The van der Waals surface area contributed by atoms with Crippen LogP contribution >= 0.6 is 12.2 Å². The summed E-state index contributed by atoms with van der Waals surface area (Å²) in [4.78, 5) is 2.61. The van der Waals surface area contributed by atoms with E-state index in [1.54, 1.807) is 0 Å². The normalized spacial score (nSPS) is 19.2. The van der Waals surface area contributed by atoms with E-state index in [1.807, 2.05) is 0 Å². The zero-order chi connectivity index (χ0) is 21.9. The third-order valence-electron chi connectivity index (χ3n) is 6.81. The highest BCUT2D eigenvalue weighted by atomic mass is 32.1. The van der Waals surface area contributed by atoms with E-state index in [9.17, 15) is 0 Å². The zero-order valence-electron chi connectivity index (χ0n) is 18.7. The Morgan fingerprint density at radius 3 is 1.91 bits per heavy atom. The van der Waals surface area contributed by atoms with Crippen LogP contribution in [0.1, 0.15) is 60.3 Å². The van der Waals surface area contributed by atoms with E-state index in [-0.39, 0.29) is 0 Å². The molecule has 0 saturated heterocycles. The van der Waals surface area contributed by atoms with Crippen LogP contribution in [0.15, 0.2) is 72.8 Å². The summed E-state index contributed by atoms with van der Waals surface area (Å²) in [6.07, 6.45) is 3.35. The SMILES string of the molecule is CCCNC(=S)Nc1cc2c3c(c1)C(c1ccccc1)CCN3CCC2c1ccccc1. The standard InChI is InChI=1S/C28H31N3S/c1-2-15-29-28(32)30-22-18-25-23(20-9-5-3-6-10-20)13-16-31-17-14-24(26(19-22)27(25)31)21-11-7-4-8-12-21/h3-12,18-19,23-24H,2,13-17H2,1H3,(H2,29,30,32). The summed E-state index contributed by atoms with van der Waals surface area (Å²) in [6.45, 7) is 5.27. The molecule has 3 aromatic carbocycles. The van der Waals surface area contributed by atoms with Gasteiger partial charge in [0.2, 0.25) is 0 Å². The highest BCUT2D eigenvalue weighted by molar-refractivity contribution is 7.80. The molecular weight excluding hydrogens is 410 g/mol. The van der Waals surface area contributed by atoms with Crippen LogP contribution in [-0.2, 0) is 0 Å². The molecule has 0 aromatic heterocycles. The van der Waals surface area contributed by atoms with E-state index in [4.69, 9.17) is 12.2 Å². The van der Waals surface area contributed by atoms with E-state index in [0.29, 0.717) is 16.9 Å². The molecule has 0 fully saturated rings. The van der Waals surface area contributed by atoms with Crippen molar-refractivity contribution in [2.45, 2.75) is 38.0 Å². The summed E-state index contributed by atoms with van der Waals surface area (Å²) >= 11 is 5.59. The van der Waals surface area contributed by atoms with Gasteiger partial charge in [-0.1, -0.05) is 67.6 Å². The number of rotatable bonds is 5. The minimum atomic E-state index is 0.412. The lowest BCUT2D eigenvalue weighted by atomic mass is 9.76. The summed E-state index contributed by atoms with van der Waals surface area (Å²) in [5.41, 5.74) is 8.21. The first-order chi connectivity index (χ1) is 15.7. The molecule has 0 aliphatic carbocycles. The first-order valence-corrected chi connectivity index (χ1v) is 12.2. The van der Waals surface area contributed by atoms with Gasteiger partial charge in [-0.25, -0.2) is 0 Å². The van der Waals surface area contributed by atoms with Crippen molar-refractivity contribution in [2.75, 3.05) is 29.9 Å². The van der Waals surface area contributed by atoms with Crippen LogP contribution in [0.2, 0.25) is 0 Å². The van der Waals surface area contributed by atoms with Gasteiger partial charge in [0.15, 0.2) is 5.11 Å². The minimum Gasteiger partial charge on any atom is -0.371 e. The van der Waals surface area contributed by atoms with Gasteiger partial charge in [-0.05, 0) is 65.9 Å². The lowest BCUT2D eigenvalue weighted by Crippen LogP contribution is -2.38. The Morgan fingerprint density at radius 2 is 1.41 bits per heavy atom. The summed E-state index contributed by atoms with van der Waals surface area (Å²) in [7, 11) is 0. The molecule has 164 valence electrons. The molecular formula is C28H31N3S. The van der Waals surface area contributed by atoms with Crippen LogP contribution in [0.25, 0.3) is 0 Å². The number of nitrogens with one attached hydrogen (secondary N) is 2. The van der Waals surface area contributed by atoms with Crippen molar-refractivity contribution < 1.29 is 0 Å². The molecule has 2 heterocycles. The molecule has 0 amide bonds. The second kappa shape index (κ2) is 9.33. The van der Waals surface area contributed by atoms with Crippen LogP contribution in [0, 0.1) is 0 Å². The number of thiocarbonyl (C=S) groups is 1. The van der Waals surface area contributed by atoms with E-state index >= 15 is 0 Å². The van der Waals surface area contributed by atoms with Gasteiger partial charge in [0.25, 0.3) is 0 Å². The van der Waals surface area contributed by atoms with Crippen LogP contribution in [0.3, 0.4) is 0 Å². The summed E-state index contributed by atoms with van der Waals surface area (Å²) in [5, 5.41) is 7.51. The number of benzene rings is 3. The Morgan fingerprint density at radius 1 is 0.875 bits per heavy atom. The van der Waals surface area contributed by atoms with Crippen molar-refractivity contribution in [1.29, 1.82) is 0 Å². The molecule has 2 atom stereocenters. The first kappa shape index (κ1) is 21.0. The maximum atomic E-state index is 5.59. The predicted molar refractivity (Wildman–Crippen MR) is 139 cm³/mol. The molecule has 0 radical (unpaired) electrons. The Balaban J connectivity index is 1.62. The summed E-state index contributed by atoms with van der Waals surface area (Å²) in [5.74, 6) is 0.823. The quantitative estimate of drug-likeness (QED) is 0.457. The van der Waals surface area contributed by atoms with Gasteiger partial charge in [0, 0.05) is 42.8 Å². The smallest absolute Gasteiger partial charge is 0.170 e. The lowest BCUT2D eigenvalue weighted by molar-refractivity contribution is 0.571. The largest absolute Gasteiger partial charge is 0.371 e. The second-order valence-electron chi connectivity index (χ2n) is 8.88. The van der Waals surface area contributed by atoms with E-state index in [2.05, 4.69) is 95.3 Å². The predicted octanol–water partition coefficient (Wildman–Crippen LogP) is 6.26. The average Bonchev–Trinajstić information content (AvgIpc) is 2.84. The lowest BCUT2D eigenvalue weighted by Gasteiger charge is -2.43. The highest BCUT2D eigenvalue weighted by Crippen LogP contribution is 2.49. The maximum Gasteiger partial charge on any atom is 0.170 e. The van der Waals surface area contributed by atoms with Gasteiger partial charge < -0.3 is 15.5 Å². The van der Waals surface area contributed by atoms with Crippen molar-refractivity contribution in [3.8, 4) is 0 Å². The highest BCUT2D eigenvalue weighted by Gasteiger charge is 2.35. The van der Waals surface area contributed by atoms with Crippen molar-refractivity contribution in [1.82, 2.24) is 5.32 Å². The first-order valence-electron chi connectivity index (χ1n) is 11.8. The Kier molecular flexibility index (Phi) is 6.13. The molecule has 3 nitrogen and oxygen atoms in total. The van der Waals surface area contributed by atoms with Gasteiger partial charge in [-0.15, -0.1) is 0 Å². The molecule has 0 saturated carbocycles. The minimum absolute atomic E-state index is 0.412. The van der Waals surface area contributed by atoms with Gasteiger partial charge >= 0.3 is 0 Å². The Bertz CT molecular complexity index is 1010. The fourth-order valence-corrected chi connectivity index (χ4v) is 5.56. The zero-order valence-corrected chi connectivity index (χ0v) is 19.5. The van der Waals surface area contributed by atoms with Crippen LogP contribution < -0.4 is 15.5 Å². The van der Waals surface area contributed by atoms with E-state index in [0.717, 1.165) is 44.6 Å². The number of nitrogens with zero attached hydrogens (tertiary/aromatic N) is 1. The molecule has 2 aliphatic rings. The topological polar surface area (TPSA) is 27.3 Å². The molecule has 0 bridgehead atoms. The van der Waals surface area contributed by atoms with Gasteiger partial charge in [0.1, 0.15) is 0 Å². The van der Waals surface area contributed by atoms with Gasteiger partial charge in [-0.2, -0.15) is 0 Å². The van der Waals surface area contributed by atoms with E-state index < -0.39 is 0 Å². The Hall–Kier alpha value is -2.85. The van der Waals surface area contributed by atoms with Crippen molar-refractivity contribution in [3.05, 3.63) is 95.1 Å². The number of anilines is 2. The molecule has 5 rings (SSSR count). The van der Waals surface area contributed by atoms with E-state index in [1.165, 1.54) is 27.9 Å². The monoisotopic (exact) mass is 441 g/mol. The molecule has 3 aromatic rings. The summed E-state index contributed by atoms with van der Waals surface area (Å²) < 4.78 is 0. The number of hydrogen-bond donors (Lipinski definition) is 2. The van der Waals surface area contributed by atoms with Crippen molar-refractivity contribution in [3.63, 3.8) is 0 Å². The maximum absolute atomic E-state index is 5.59. The molecule has 4 heteroatoms. The molecule has 32 heavy (non-hydrogen) atoms. The molecule has 2 unspecified atom stereocenters. The van der Waals surface area contributed by atoms with Crippen molar-refractivity contribution >= 4 is 28.7 Å². The van der Waals surface area contributed by atoms with Crippen molar-refractivity contribution in [2.24, 2.45) is 0 Å². The fourth-order valence-electron chi connectivity index (χ4n) is 5.34. The van der Waals surface area contributed by atoms with Gasteiger partial charge in [-0.3, -0.25) is 0 Å². The third kappa shape index (κ3) is 4.12. The second-order valence-corrected chi connectivity index (χ2v) is 9.28. The van der Waals surface area contributed by atoms with Gasteiger partial charge in [0.05, 0.1) is 0 Å². The molecule has 2 N–H and O–H groups in total.